The van der Waals surface area contributed by atoms with Crippen molar-refractivity contribution in [2.75, 3.05) is 25.1 Å². The molecule has 2 aliphatic heterocycles. The first-order valence-electron chi connectivity index (χ1n) is 10.6. The molecule has 3 aliphatic rings. The van der Waals surface area contributed by atoms with E-state index in [2.05, 4.69) is 29.6 Å². The van der Waals surface area contributed by atoms with Crippen molar-refractivity contribution in [3.8, 4) is 16.9 Å². The standard InChI is InChI=1S/C22H28N4O3/c1-14-6-7-19-20(26(14)22(27)28-2)9-8-18(21(19)29-17-4-3-5-17)15-10-24-25(13-15)16-11-23-12-16/h8-10,13-14,16-17,23H,3-7,11-12H2,1-2H3/t14-/m0/s1. The Balaban J connectivity index is 1.58. The zero-order valence-electron chi connectivity index (χ0n) is 17.1. The highest BCUT2D eigenvalue weighted by molar-refractivity contribution is 5.92. The molecule has 7 nitrogen and oxygen atoms in total. The van der Waals surface area contributed by atoms with E-state index in [1.54, 1.807) is 4.90 Å². The minimum Gasteiger partial charge on any atom is -0.489 e. The highest BCUT2D eigenvalue weighted by atomic mass is 16.5. The predicted molar refractivity (Wildman–Crippen MR) is 111 cm³/mol. The summed E-state index contributed by atoms with van der Waals surface area (Å²) in [6, 6.07) is 4.63. The molecule has 1 aromatic heterocycles. The Morgan fingerprint density at radius 2 is 2.07 bits per heavy atom. The lowest BCUT2D eigenvalue weighted by atomic mass is 9.91. The van der Waals surface area contributed by atoms with Crippen molar-refractivity contribution < 1.29 is 14.3 Å². The number of nitrogens with zero attached hydrogens (tertiary/aromatic N) is 3. The molecule has 29 heavy (non-hydrogen) atoms. The maximum Gasteiger partial charge on any atom is 0.414 e. The zero-order valence-corrected chi connectivity index (χ0v) is 17.1. The lowest BCUT2D eigenvalue weighted by molar-refractivity contribution is 0.119. The van der Waals surface area contributed by atoms with Crippen molar-refractivity contribution in [3.63, 3.8) is 0 Å². The quantitative estimate of drug-likeness (QED) is 0.856. The molecule has 1 saturated carbocycles. The van der Waals surface area contributed by atoms with Crippen molar-refractivity contribution >= 4 is 11.8 Å². The number of methoxy groups -OCH3 is 1. The van der Waals surface area contributed by atoms with Gasteiger partial charge in [0.2, 0.25) is 0 Å². The third kappa shape index (κ3) is 3.17. The van der Waals surface area contributed by atoms with Gasteiger partial charge >= 0.3 is 6.09 Å². The molecule has 1 amide bonds. The summed E-state index contributed by atoms with van der Waals surface area (Å²) in [6.45, 7) is 3.99. The predicted octanol–water partition coefficient (Wildman–Crippen LogP) is 3.53. The van der Waals surface area contributed by atoms with Gasteiger partial charge < -0.3 is 14.8 Å². The number of hydrogen-bond acceptors (Lipinski definition) is 5. The molecule has 1 N–H and O–H groups in total. The van der Waals surface area contributed by atoms with E-state index in [4.69, 9.17) is 9.47 Å². The fourth-order valence-electron chi connectivity index (χ4n) is 4.34. The number of aromatic nitrogens is 2. The Morgan fingerprint density at radius 1 is 1.24 bits per heavy atom. The summed E-state index contributed by atoms with van der Waals surface area (Å²) < 4.78 is 13.6. The number of carbonyl (C=O) groups is 1. The van der Waals surface area contributed by atoms with Gasteiger partial charge in [-0.05, 0) is 51.2 Å². The number of carbonyl (C=O) groups excluding carboxylic acids is 1. The number of ether oxygens (including phenoxy) is 2. The van der Waals surface area contributed by atoms with Crippen molar-refractivity contribution in [1.82, 2.24) is 15.1 Å². The normalized spacial score (nSPS) is 21.9. The Labute approximate surface area is 171 Å². The molecule has 2 fully saturated rings. The number of rotatable bonds is 4. The summed E-state index contributed by atoms with van der Waals surface area (Å²) in [7, 11) is 1.44. The molecule has 1 aliphatic carbocycles. The average molecular weight is 396 g/mol. The van der Waals surface area contributed by atoms with Gasteiger partial charge in [-0.1, -0.05) is 0 Å². The first kappa shape index (κ1) is 18.5. The van der Waals surface area contributed by atoms with E-state index in [1.807, 2.05) is 16.9 Å². The second-order valence-electron chi connectivity index (χ2n) is 8.36. The van der Waals surface area contributed by atoms with Gasteiger partial charge in [0.05, 0.1) is 31.1 Å². The van der Waals surface area contributed by atoms with Crippen LogP contribution in [0, 0.1) is 0 Å². The van der Waals surface area contributed by atoms with Gasteiger partial charge in [-0.15, -0.1) is 0 Å². The molecule has 5 rings (SSSR count). The molecular weight excluding hydrogens is 368 g/mol. The zero-order chi connectivity index (χ0) is 20.0. The van der Waals surface area contributed by atoms with E-state index in [9.17, 15) is 4.79 Å². The summed E-state index contributed by atoms with van der Waals surface area (Å²) in [4.78, 5) is 14.2. The van der Waals surface area contributed by atoms with E-state index in [1.165, 1.54) is 13.5 Å². The summed E-state index contributed by atoms with van der Waals surface area (Å²) in [6.07, 6.45) is 9.16. The number of amides is 1. The van der Waals surface area contributed by atoms with E-state index < -0.39 is 0 Å². The topological polar surface area (TPSA) is 68.6 Å². The van der Waals surface area contributed by atoms with Crippen molar-refractivity contribution in [2.24, 2.45) is 0 Å². The van der Waals surface area contributed by atoms with Crippen LogP contribution in [0.3, 0.4) is 0 Å². The van der Waals surface area contributed by atoms with E-state index in [-0.39, 0.29) is 18.2 Å². The molecule has 0 radical (unpaired) electrons. The van der Waals surface area contributed by atoms with Crippen molar-refractivity contribution in [2.45, 2.75) is 57.2 Å². The summed E-state index contributed by atoms with van der Waals surface area (Å²) in [5.74, 6) is 0.916. The monoisotopic (exact) mass is 396 g/mol. The number of nitrogens with one attached hydrogen (secondary N) is 1. The van der Waals surface area contributed by atoms with Crippen LogP contribution < -0.4 is 15.0 Å². The van der Waals surface area contributed by atoms with Crippen molar-refractivity contribution in [3.05, 3.63) is 30.1 Å². The van der Waals surface area contributed by atoms with Crippen LogP contribution in [0.25, 0.3) is 11.1 Å². The van der Waals surface area contributed by atoms with Gasteiger partial charge in [-0.3, -0.25) is 9.58 Å². The van der Waals surface area contributed by atoms with E-state index in [0.29, 0.717) is 6.04 Å². The van der Waals surface area contributed by atoms with Crippen molar-refractivity contribution in [1.29, 1.82) is 0 Å². The third-order valence-corrected chi connectivity index (χ3v) is 6.50. The van der Waals surface area contributed by atoms with Gasteiger partial charge in [0.25, 0.3) is 0 Å². The summed E-state index contributed by atoms with van der Waals surface area (Å²) in [5, 5.41) is 7.88. The van der Waals surface area contributed by atoms with Gasteiger partial charge in [0.15, 0.2) is 0 Å². The largest absolute Gasteiger partial charge is 0.489 e. The Kier molecular flexibility index (Phi) is 4.70. The lowest BCUT2D eigenvalue weighted by Gasteiger charge is -2.37. The molecule has 7 heteroatoms. The number of fused-ring (bicyclic) bond motifs is 1. The Bertz CT molecular complexity index is 917. The molecule has 1 atom stereocenters. The van der Waals surface area contributed by atoms with Crippen LogP contribution in [0.15, 0.2) is 24.5 Å². The molecular formula is C22H28N4O3. The molecule has 3 heterocycles. The smallest absolute Gasteiger partial charge is 0.414 e. The first-order valence-corrected chi connectivity index (χ1v) is 10.6. The SMILES string of the molecule is COC(=O)N1c2ccc(-c3cnn(C4CNC4)c3)c(OC3CCC3)c2CC[C@@H]1C. The van der Waals surface area contributed by atoms with Crippen LogP contribution in [-0.4, -0.2) is 48.2 Å². The van der Waals surface area contributed by atoms with Crippen LogP contribution in [0.2, 0.25) is 0 Å². The minimum atomic E-state index is -0.314. The molecule has 2 aromatic rings. The molecule has 0 unspecified atom stereocenters. The van der Waals surface area contributed by atoms with Gasteiger partial charge in [-0.25, -0.2) is 4.79 Å². The van der Waals surface area contributed by atoms with Crippen LogP contribution >= 0.6 is 0 Å². The molecule has 154 valence electrons. The van der Waals surface area contributed by atoms with Gasteiger partial charge in [0, 0.05) is 42.0 Å². The molecule has 0 spiro atoms. The second-order valence-corrected chi connectivity index (χ2v) is 8.36. The fraction of sp³-hybridized carbons (Fsp3) is 0.545. The van der Waals surface area contributed by atoms with Crippen LogP contribution in [0.5, 0.6) is 5.75 Å². The van der Waals surface area contributed by atoms with E-state index in [0.717, 1.165) is 66.9 Å². The third-order valence-electron chi connectivity index (χ3n) is 6.50. The molecule has 0 bridgehead atoms. The highest BCUT2D eigenvalue weighted by Gasteiger charge is 2.33. The highest BCUT2D eigenvalue weighted by Crippen LogP contribution is 2.44. The van der Waals surface area contributed by atoms with Crippen LogP contribution in [0.1, 0.15) is 44.2 Å². The summed E-state index contributed by atoms with van der Waals surface area (Å²) >= 11 is 0. The van der Waals surface area contributed by atoms with Gasteiger partial charge in [0.1, 0.15) is 5.75 Å². The second kappa shape index (κ2) is 7.37. The van der Waals surface area contributed by atoms with Gasteiger partial charge in [-0.2, -0.15) is 5.10 Å². The average Bonchev–Trinajstić information content (AvgIpc) is 3.11. The number of hydrogen-bond donors (Lipinski definition) is 1. The minimum absolute atomic E-state index is 0.103. The molecule has 1 saturated heterocycles. The number of benzene rings is 1. The maximum absolute atomic E-state index is 12.5. The molecule has 1 aromatic carbocycles. The number of anilines is 1. The van der Waals surface area contributed by atoms with E-state index >= 15 is 0 Å². The maximum atomic E-state index is 12.5. The fourth-order valence-corrected chi connectivity index (χ4v) is 4.34. The van der Waals surface area contributed by atoms with Crippen LogP contribution in [0.4, 0.5) is 10.5 Å². The summed E-state index contributed by atoms with van der Waals surface area (Å²) in [5.41, 5.74) is 4.14. The Hall–Kier alpha value is -2.54. The lowest BCUT2D eigenvalue weighted by Crippen LogP contribution is -2.43. The Morgan fingerprint density at radius 3 is 2.72 bits per heavy atom. The first-order chi connectivity index (χ1) is 14.2. The van der Waals surface area contributed by atoms with Crippen LogP contribution in [-0.2, 0) is 11.2 Å².